The lowest BCUT2D eigenvalue weighted by Gasteiger charge is -2.43. The Labute approximate surface area is 235 Å². The Balaban J connectivity index is 1.46. The van der Waals surface area contributed by atoms with E-state index in [-0.39, 0.29) is 55.7 Å². The second-order valence-electron chi connectivity index (χ2n) is 9.89. The monoisotopic (exact) mass is 597 g/mol. The summed E-state index contributed by atoms with van der Waals surface area (Å²) in [7, 11) is 0. The molecular weight excluding hydrogens is 576 g/mol. The average Bonchev–Trinajstić information content (AvgIpc) is 3.19. The van der Waals surface area contributed by atoms with Gasteiger partial charge in [-0.15, -0.1) is 0 Å². The number of alkyl halides is 6. The second-order valence-corrected chi connectivity index (χ2v) is 10.3. The van der Waals surface area contributed by atoms with Crippen molar-refractivity contribution in [2.45, 2.75) is 37.7 Å². The van der Waals surface area contributed by atoms with E-state index in [2.05, 4.69) is 9.97 Å². The molecule has 0 atom stereocenters. The van der Waals surface area contributed by atoms with E-state index in [1.165, 1.54) is 9.80 Å². The predicted octanol–water partition coefficient (Wildman–Crippen LogP) is 5.96. The lowest BCUT2D eigenvalue weighted by atomic mass is 9.85. The predicted molar refractivity (Wildman–Crippen MR) is 137 cm³/mol. The number of nitrogens with zero attached hydrogens (tertiary/aromatic N) is 5. The lowest BCUT2D eigenvalue weighted by molar-refractivity contribution is -0.143. The quantitative estimate of drug-likeness (QED) is 0.275. The summed E-state index contributed by atoms with van der Waals surface area (Å²) >= 11 is 6.11. The van der Waals surface area contributed by atoms with Gasteiger partial charge in [-0.1, -0.05) is 29.8 Å². The number of halogens is 7. The SMILES string of the molecule is Cc1cc(Cl)nc(N2CN(c3ccccc3)C3(CCN(C(=O)c4cc(C(F)(F)F)cc(C(F)(F)F)c4)CC3)C2=O)n1. The molecule has 216 valence electrons. The summed E-state index contributed by atoms with van der Waals surface area (Å²) in [5.74, 6) is -1.24. The topological polar surface area (TPSA) is 69.6 Å². The first-order valence-corrected chi connectivity index (χ1v) is 12.8. The van der Waals surface area contributed by atoms with Crippen LogP contribution in [-0.4, -0.2) is 52.0 Å². The zero-order valence-corrected chi connectivity index (χ0v) is 22.2. The number of carbonyl (C=O) groups is 2. The molecule has 0 saturated carbocycles. The minimum atomic E-state index is -5.08. The van der Waals surface area contributed by atoms with Crippen molar-refractivity contribution in [1.82, 2.24) is 14.9 Å². The van der Waals surface area contributed by atoms with Crippen LogP contribution in [-0.2, 0) is 17.1 Å². The van der Waals surface area contributed by atoms with Crippen LogP contribution in [0.3, 0.4) is 0 Å². The van der Waals surface area contributed by atoms with Gasteiger partial charge in [-0.05, 0) is 56.2 Å². The number of hydrogen-bond donors (Lipinski definition) is 0. The Kier molecular flexibility index (Phi) is 7.13. The summed E-state index contributed by atoms with van der Waals surface area (Å²) in [6.07, 6.45) is -10.0. The standard InChI is InChI=1S/C27H22ClF6N5O2/c1-16-11-21(28)36-24(35-16)38-15-39(20-5-3-2-4-6-20)25(23(38)41)7-9-37(10-8-25)22(40)17-12-18(26(29,30)31)14-19(13-17)27(32,33)34/h2-6,11-14H,7-10,15H2,1H3. The third kappa shape index (κ3) is 5.42. The van der Waals surface area contributed by atoms with Gasteiger partial charge >= 0.3 is 12.4 Å². The molecule has 2 saturated heterocycles. The first kappa shape index (κ1) is 28.7. The van der Waals surface area contributed by atoms with Gasteiger partial charge in [-0.25, -0.2) is 9.97 Å². The number of rotatable bonds is 3. The number of para-hydroxylation sites is 1. The number of hydrogen-bond acceptors (Lipinski definition) is 5. The van der Waals surface area contributed by atoms with Crippen molar-refractivity contribution in [2.24, 2.45) is 0 Å². The number of anilines is 2. The first-order chi connectivity index (χ1) is 19.2. The number of aromatic nitrogens is 2. The Morgan fingerprint density at radius 2 is 1.49 bits per heavy atom. The molecule has 2 aliphatic heterocycles. The molecule has 0 unspecified atom stereocenters. The van der Waals surface area contributed by atoms with Crippen molar-refractivity contribution in [3.8, 4) is 0 Å². The summed E-state index contributed by atoms with van der Waals surface area (Å²) in [6.45, 7) is 1.59. The summed E-state index contributed by atoms with van der Waals surface area (Å²) in [5.41, 5.74) is -3.79. The van der Waals surface area contributed by atoms with Crippen LogP contribution < -0.4 is 9.80 Å². The van der Waals surface area contributed by atoms with Crippen LogP contribution in [0.15, 0.2) is 54.6 Å². The smallest absolute Gasteiger partial charge is 0.338 e. The molecule has 1 aromatic heterocycles. The van der Waals surface area contributed by atoms with Crippen molar-refractivity contribution in [3.63, 3.8) is 0 Å². The maximum atomic E-state index is 14.0. The highest BCUT2D eigenvalue weighted by Crippen LogP contribution is 2.42. The van der Waals surface area contributed by atoms with Crippen molar-refractivity contribution in [2.75, 3.05) is 29.6 Å². The molecule has 14 heteroatoms. The van der Waals surface area contributed by atoms with Crippen LogP contribution >= 0.6 is 11.6 Å². The molecule has 0 radical (unpaired) electrons. The number of piperidine rings is 1. The first-order valence-electron chi connectivity index (χ1n) is 12.4. The van der Waals surface area contributed by atoms with Crippen LogP contribution in [0.2, 0.25) is 5.15 Å². The summed E-state index contributed by atoms with van der Waals surface area (Å²) in [5, 5.41) is 0.146. The van der Waals surface area contributed by atoms with Gasteiger partial charge in [0.2, 0.25) is 5.95 Å². The highest BCUT2D eigenvalue weighted by molar-refractivity contribution is 6.29. The van der Waals surface area contributed by atoms with Crippen LogP contribution in [0.4, 0.5) is 38.0 Å². The normalized spacial score (nSPS) is 17.5. The molecule has 3 aromatic rings. The van der Waals surface area contributed by atoms with Crippen LogP contribution in [0, 0.1) is 6.92 Å². The molecular formula is C27H22ClF6N5O2. The average molecular weight is 598 g/mol. The molecule has 2 aliphatic rings. The molecule has 0 bridgehead atoms. The number of benzene rings is 2. The van der Waals surface area contributed by atoms with E-state index in [4.69, 9.17) is 11.6 Å². The van der Waals surface area contributed by atoms with Gasteiger partial charge in [0.05, 0.1) is 11.1 Å². The van der Waals surface area contributed by atoms with Crippen LogP contribution in [0.1, 0.15) is 40.0 Å². The van der Waals surface area contributed by atoms with Gasteiger partial charge in [-0.2, -0.15) is 26.3 Å². The number of aryl methyl sites for hydroxylation is 1. The van der Waals surface area contributed by atoms with Crippen molar-refractivity contribution in [3.05, 3.63) is 82.1 Å². The zero-order chi connectivity index (χ0) is 29.7. The molecule has 1 spiro atoms. The molecule has 3 heterocycles. The second kappa shape index (κ2) is 10.2. The van der Waals surface area contributed by atoms with Crippen LogP contribution in [0.25, 0.3) is 0 Å². The third-order valence-electron chi connectivity index (χ3n) is 7.28. The molecule has 5 rings (SSSR count). The van der Waals surface area contributed by atoms with E-state index >= 15 is 0 Å². The Hall–Kier alpha value is -3.87. The van der Waals surface area contributed by atoms with Gasteiger partial charge in [0, 0.05) is 30.0 Å². The molecule has 0 N–H and O–H groups in total. The fraction of sp³-hybridized carbons (Fsp3) is 0.333. The molecule has 41 heavy (non-hydrogen) atoms. The Morgan fingerprint density at radius 1 is 0.902 bits per heavy atom. The zero-order valence-electron chi connectivity index (χ0n) is 21.4. The highest BCUT2D eigenvalue weighted by atomic mass is 35.5. The fourth-order valence-electron chi connectivity index (χ4n) is 5.26. The van der Waals surface area contributed by atoms with Crippen molar-refractivity contribution in [1.29, 1.82) is 0 Å². The van der Waals surface area contributed by atoms with E-state index < -0.39 is 40.5 Å². The van der Waals surface area contributed by atoms with Gasteiger partial charge < -0.3 is 9.80 Å². The van der Waals surface area contributed by atoms with Gasteiger partial charge in [-0.3, -0.25) is 14.5 Å². The lowest BCUT2D eigenvalue weighted by Crippen LogP contribution is -2.57. The van der Waals surface area contributed by atoms with Gasteiger partial charge in [0.15, 0.2) is 0 Å². The van der Waals surface area contributed by atoms with E-state index in [0.717, 1.165) is 0 Å². The summed E-state index contributed by atoms with van der Waals surface area (Å²) < 4.78 is 80.1. The molecule has 7 nitrogen and oxygen atoms in total. The number of likely N-dealkylation sites (tertiary alicyclic amines) is 1. The molecule has 0 aliphatic carbocycles. The third-order valence-corrected chi connectivity index (χ3v) is 7.47. The van der Waals surface area contributed by atoms with Crippen molar-refractivity contribution < 1.29 is 35.9 Å². The summed E-state index contributed by atoms with van der Waals surface area (Å²) in [6, 6.07) is 11.4. The van der Waals surface area contributed by atoms with Crippen molar-refractivity contribution >= 4 is 35.1 Å². The van der Waals surface area contributed by atoms with E-state index in [0.29, 0.717) is 23.5 Å². The number of amides is 2. The van der Waals surface area contributed by atoms with E-state index in [9.17, 15) is 35.9 Å². The molecule has 2 amide bonds. The van der Waals surface area contributed by atoms with Gasteiger partial charge in [0.1, 0.15) is 17.4 Å². The molecule has 2 aromatic carbocycles. The highest BCUT2D eigenvalue weighted by Gasteiger charge is 2.55. The Bertz CT molecular complexity index is 1440. The van der Waals surface area contributed by atoms with Crippen LogP contribution in [0.5, 0.6) is 0 Å². The molecule has 2 fully saturated rings. The Morgan fingerprint density at radius 3 is 2.02 bits per heavy atom. The maximum absolute atomic E-state index is 14.0. The largest absolute Gasteiger partial charge is 0.416 e. The fourth-order valence-corrected chi connectivity index (χ4v) is 5.49. The van der Waals surface area contributed by atoms with Gasteiger partial charge in [0.25, 0.3) is 11.8 Å². The van der Waals surface area contributed by atoms with E-state index in [1.807, 2.05) is 4.90 Å². The maximum Gasteiger partial charge on any atom is 0.416 e. The minimum Gasteiger partial charge on any atom is -0.338 e. The minimum absolute atomic E-state index is 0.0227. The number of carbonyl (C=O) groups excluding carboxylic acids is 2. The summed E-state index contributed by atoms with van der Waals surface area (Å²) in [4.78, 5) is 40.1. The van der Waals surface area contributed by atoms with E-state index in [1.54, 1.807) is 43.3 Å².